The first kappa shape index (κ1) is 9.47. The molecule has 1 aromatic carbocycles. The number of carboxylic acids is 1. The van der Waals surface area contributed by atoms with Crippen molar-refractivity contribution in [2.45, 2.75) is 12.8 Å². The van der Waals surface area contributed by atoms with Crippen molar-refractivity contribution in [2.24, 2.45) is 0 Å². The lowest BCUT2D eigenvalue weighted by Crippen LogP contribution is -2.00. The van der Waals surface area contributed by atoms with Gasteiger partial charge < -0.3 is 5.11 Å². The van der Waals surface area contributed by atoms with Crippen LogP contribution in [-0.4, -0.2) is 11.1 Å². The molecule has 0 bridgehead atoms. The van der Waals surface area contributed by atoms with Crippen LogP contribution in [0.5, 0.6) is 0 Å². The van der Waals surface area contributed by atoms with Gasteiger partial charge in [-0.15, -0.1) is 0 Å². The minimum atomic E-state index is -1.13. The summed E-state index contributed by atoms with van der Waals surface area (Å²) in [7, 11) is 0. The van der Waals surface area contributed by atoms with Gasteiger partial charge >= 0.3 is 5.97 Å². The lowest BCUT2D eigenvalue weighted by atomic mass is 10.0. The molecule has 3 heteroatoms. The van der Waals surface area contributed by atoms with Crippen LogP contribution in [0.1, 0.15) is 17.5 Å². The lowest BCUT2D eigenvalue weighted by molar-refractivity contribution is -0.132. The van der Waals surface area contributed by atoms with Crippen molar-refractivity contribution in [3.05, 3.63) is 41.0 Å². The molecule has 0 amide bonds. The van der Waals surface area contributed by atoms with Gasteiger partial charge in [0, 0.05) is 0 Å². The fourth-order valence-corrected chi connectivity index (χ4v) is 1.93. The zero-order valence-corrected chi connectivity index (χ0v) is 8.03. The molecule has 1 aromatic rings. The van der Waals surface area contributed by atoms with Crippen molar-refractivity contribution in [3.63, 3.8) is 0 Å². The molecule has 74 valence electrons. The number of allylic oxidation sites excluding steroid dienone is 1. The molecule has 1 aliphatic carbocycles. The molecule has 0 spiro atoms. The topological polar surface area (TPSA) is 61.1 Å². The average Bonchev–Trinajstić information content (AvgIpc) is 2.63. The van der Waals surface area contributed by atoms with E-state index in [1.165, 1.54) is 0 Å². The molecule has 0 aromatic heterocycles. The van der Waals surface area contributed by atoms with Crippen molar-refractivity contribution in [2.75, 3.05) is 0 Å². The smallest absolute Gasteiger partial charge is 0.346 e. The number of carboxylic acid groups (broad SMARTS) is 1. The summed E-state index contributed by atoms with van der Waals surface area (Å²) >= 11 is 0. The predicted octanol–water partition coefficient (Wildman–Crippen LogP) is 1.99. The number of carbonyl (C=O) groups is 1. The second-order valence-electron chi connectivity index (χ2n) is 3.43. The van der Waals surface area contributed by atoms with Gasteiger partial charge in [-0.1, -0.05) is 24.3 Å². The number of hydrogen-bond donors (Lipinski definition) is 1. The Morgan fingerprint density at radius 2 is 2.07 bits per heavy atom. The Balaban J connectivity index is 2.61. The van der Waals surface area contributed by atoms with Gasteiger partial charge in [-0.2, -0.15) is 5.26 Å². The summed E-state index contributed by atoms with van der Waals surface area (Å²) in [6.07, 6.45) is 1.47. The third kappa shape index (κ3) is 1.50. The summed E-state index contributed by atoms with van der Waals surface area (Å²) < 4.78 is 0. The van der Waals surface area contributed by atoms with E-state index in [9.17, 15) is 4.79 Å². The summed E-state index contributed by atoms with van der Waals surface area (Å²) in [5.74, 6) is -1.13. The zero-order valence-electron chi connectivity index (χ0n) is 8.03. The molecule has 0 saturated heterocycles. The first-order chi connectivity index (χ1) is 7.24. The molecule has 15 heavy (non-hydrogen) atoms. The quantitative estimate of drug-likeness (QED) is 0.555. The summed E-state index contributed by atoms with van der Waals surface area (Å²) in [5.41, 5.74) is 2.58. The van der Waals surface area contributed by atoms with Crippen LogP contribution in [0.15, 0.2) is 29.8 Å². The molecule has 0 aliphatic heterocycles. The number of fused-ring (bicyclic) bond motifs is 1. The third-order valence-corrected chi connectivity index (χ3v) is 2.61. The van der Waals surface area contributed by atoms with Crippen LogP contribution in [0.25, 0.3) is 5.57 Å². The minimum Gasteiger partial charge on any atom is -0.477 e. The minimum absolute atomic E-state index is 0.125. The molecule has 2 rings (SSSR count). The highest BCUT2D eigenvalue weighted by Gasteiger charge is 2.22. The van der Waals surface area contributed by atoms with Gasteiger partial charge in [0.2, 0.25) is 0 Å². The normalized spacial score (nSPS) is 16.7. The fourth-order valence-electron chi connectivity index (χ4n) is 1.93. The van der Waals surface area contributed by atoms with Gasteiger partial charge in [0.05, 0.1) is 0 Å². The monoisotopic (exact) mass is 199 g/mol. The zero-order chi connectivity index (χ0) is 10.8. The van der Waals surface area contributed by atoms with Crippen LogP contribution in [0.2, 0.25) is 0 Å². The summed E-state index contributed by atoms with van der Waals surface area (Å²) in [6, 6.07) is 9.40. The van der Waals surface area contributed by atoms with E-state index in [2.05, 4.69) is 0 Å². The molecule has 1 aliphatic rings. The second-order valence-corrected chi connectivity index (χ2v) is 3.43. The standard InChI is InChI=1S/C12H9NO2/c13-7-11(12(14)15)10-6-5-8-3-1-2-4-9(8)10/h1-4H,5-6H2,(H,14,15). The largest absolute Gasteiger partial charge is 0.477 e. The molecular weight excluding hydrogens is 190 g/mol. The first-order valence-corrected chi connectivity index (χ1v) is 4.69. The van der Waals surface area contributed by atoms with Gasteiger partial charge in [0.15, 0.2) is 0 Å². The Morgan fingerprint density at radius 3 is 2.73 bits per heavy atom. The highest BCUT2D eigenvalue weighted by molar-refractivity contribution is 6.01. The van der Waals surface area contributed by atoms with Crippen LogP contribution < -0.4 is 0 Å². The molecule has 3 nitrogen and oxygen atoms in total. The maximum Gasteiger partial charge on any atom is 0.346 e. The maximum absolute atomic E-state index is 10.8. The summed E-state index contributed by atoms with van der Waals surface area (Å²) in [6.45, 7) is 0. The van der Waals surface area contributed by atoms with E-state index in [4.69, 9.17) is 10.4 Å². The van der Waals surface area contributed by atoms with E-state index in [-0.39, 0.29) is 5.57 Å². The number of aliphatic carboxylic acids is 1. The summed E-state index contributed by atoms with van der Waals surface area (Å²) in [4.78, 5) is 10.8. The highest BCUT2D eigenvalue weighted by Crippen LogP contribution is 2.34. The van der Waals surface area contributed by atoms with Crippen LogP contribution in [0, 0.1) is 11.3 Å². The number of nitrogens with zero attached hydrogens (tertiary/aromatic N) is 1. The molecular formula is C12H9NO2. The van der Waals surface area contributed by atoms with Gasteiger partial charge in [-0.25, -0.2) is 4.79 Å². The number of benzene rings is 1. The van der Waals surface area contributed by atoms with E-state index in [0.717, 1.165) is 17.5 Å². The Hall–Kier alpha value is -2.08. The van der Waals surface area contributed by atoms with Gasteiger partial charge in [0.25, 0.3) is 0 Å². The Kier molecular flexibility index (Phi) is 2.26. The Bertz CT molecular complexity index is 495. The van der Waals surface area contributed by atoms with Gasteiger partial charge in [-0.05, 0) is 29.5 Å². The Labute approximate surface area is 87.3 Å². The molecule has 0 saturated carbocycles. The molecule has 1 N–H and O–H groups in total. The third-order valence-electron chi connectivity index (χ3n) is 2.61. The SMILES string of the molecule is N#CC(C(=O)O)=C1CCc2ccccc21. The number of rotatable bonds is 1. The molecule has 0 radical (unpaired) electrons. The molecule has 0 fully saturated rings. The number of hydrogen-bond acceptors (Lipinski definition) is 2. The van der Waals surface area contributed by atoms with Crippen molar-refractivity contribution < 1.29 is 9.90 Å². The van der Waals surface area contributed by atoms with E-state index in [1.54, 1.807) is 6.07 Å². The summed E-state index contributed by atoms with van der Waals surface area (Å²) in [5, 5.41) is 17.7. The highest BCUT2D eigenvalue weighted by atomic mass is 16.4. The molecule has 0 atom stereocenters. The van der Waals surface area contributed by atoms with Gasteiger partial charge in [-0.3, -0.25) is 0 Å². The predicted molar refractivity (Wildman–Crippen MR) is 54.9 cm³/mol. The van der Waals surface area contributed by atoms with E-state index in [1.807, 2.05) is 24.3 Å². The Morgan fingerprint density at radius 1 is 1.33 bits per heavy atom. The van der Waals surface area contributed by atoms with Crippen molar-refractivity contribution in [1.82, 2.24) is 0 Å². The lowest BCUT2D eigenvalue weighted by Gasteiger charge is -2.01. The van der Waals surface area contributed by atoms with Crippen LogP contribution in [0.3, 0.4) is 0 Å². The van der Waals surface area contributed by atoms with Crippen molar-refractivity contribution in [1.29, 1.82) is 5.26 Å². The van der Waals surface area contributed by atoms with Crippen LogP contribution in [0.4, 0.5) is 0 Å². The average molecular weight is 199 g/mol. The van der Waals surface area contributed by atoms with E-state index in [0.29, 0.717) is 12.0 Å². The number of aryl methyl sites for hydroxylation is 1. The maximum atomic E-state index is 10.8. The molecule has 0 heterocycles. The first-order valence-electron chi connectivity index (χ1n) is 4.69. The van der Waals surface area contributed by atoms with Crippen molar-refractivity contribution in [3.8, 4) is 6.07 Å². The number of nitriles is 1. The van der Waals surface area contributed by atoms with Crippen LogP contribution in [-0.2, 0) is 11.2 Å². The second kappa shape index (κ2) is 3.58. The molecule has 0 unspecified atom stereocenters. The van der Waals surface area contributed by atoms with Crippen LogP contribution >= 0.6 is 0 Å². The van der Waals surface area contributed by atoms with Crippen molar-refractivity contribution >= 4 is 11.5 Å². The van der Waals surface area contributed by atoms with E-state index >= 15 is 0 Å². The van der Waals surface area contributed by atoms with E-state index < -0.39 is 5.97 Å². The fraction of sp³-hybridized carbons (Fsp3) is 0.167. The van der Waals surface area contributed by atoms with Gasteiger partial charge in [0.1, 0.15) is 11.6 Å².